The molecule has 10 rings (SSSR count). The Bertz CT molecular complexity index is 3980. The highest BCUT2D eigenvalue weighted by Gasteiger charge is 2.23. The topological polar surface area (TPSA) is 265 Å². The lowest BCUT2D eigenvalue weighted by Crippen LogP contribution is -2.33. The molecule has 0 aliphatic heterocycles. The fraction of sp³-hybridized carbons (Fsp3) is 0.357. The first kappa shape index (κ1) is 67.0. The van der Waals surface area contributed by atoms with Crippen molar-refractivity contribution in [3.8, 4) is 0 Å². The second kappa shape index (κ2) is 33.6. The van der Waals surface area contributed by atoms with E-state index in [0.717, 1.165) is 141 Å². The van der Waals surface area contributed by atoms with Crippen LogP contribution in [-0.2, 0) is 58.4 Å². The number of anilines is 2. The number of aromatic nitrogens is 7. The minimum absolute atomic E-state index is 0.0246. The average Bonchev–Trinajstić information content (AvgIpc) is 1.73. The summed E-state index contributed by atoms with van der Waals surface area (Å²) in [7, 11) is 0. The van der Waals surface area contributed by atoms with Gasteiger partial charge in [0.15, 0.2) is 0 Å². The third-order valence-corrected chi connectivity index (χ3v) is 14.9. The number of pyridine rings is 3. The number of hydrogen-bond acceptors (Lipinski definition) is 15. The van der Waals surface area contributed by atoms with Crippen molar-refractivity contribution in [1.82, 2.24) is 54.5 Å². The largest absolute Gasteiger partial charge is 0.445 e. The highest BCUT2D eigenvalue weighted by Crippen LogP contribution is 2.30. The molecule has 5 heterocycles. The van der Waals surface area contributed by atoms with Crippen molar-refractivity contribution in [3.63, 3.8) is 0 Å². The number of carbonyl (C=O) groups is 4. The first-order valence-electron chi connectivity index (χ1n) is 31.3. The molecule has 0 saturated carbocycles. The molecule has 0 aliphatic carbocycles. The molecule has 21 nitrogen and oxygen atoms in total. The second-order valence-corrected chi connectivity index (χ2v) is 22.8. The Morgan fingerprint density at radius 2 is 0.956 bits per heavy atom. The van der Waals surface area contributed by atoms with Gasteiger partial charge < -0.3 is 60.6 Å². The molecular weight excluding hydrogens is 1150 g/mol. The number of nitrogens with one attached hydrogen (secondary N) is 3. The predicted molar refractivity (Wildman–Crippen MR) is 360 cm³/mol. The molecule has 7 N–H and O–H groups in total. The number of nitrogens with zero attached hydrogens (tertiary/aromatic N) is 9. The molecule has 478 valence electrons. The predicted octanol–water partition coefficient (Wildman–Crippen LogP) is 12.7. The number of nitrogen functional groups attached to an aromatic ring is 1. The maximum absolute atomic E-state index is 12.9. The third kappa shape index (κ3) is 19.3. The van der Waals surface area contributed by atoms with Crippen LogP contribution >= 0.6 is 0 Å². The van der Waals surface area contributed by atoms with E-state index in [2.05, 4.69) is 52.2 Å². The molecule has 0 radical (unpaired) electrons. The number of fused-ring (bicyclic) bond motifs is 7. The van der Waals surface area contributed by atoms with E-state index in [9.17, 15) is 19.2 Å². The smallest absolute Gasteiger partial charge is 0.410 e. The Morgan fingerprint density at radius 1 is 0.527 bits per heavy atom. The number of amides is 4. The summed E-state index contributed by atoms with van der Waals surface area (Å²) in [5.74, 6) is 1.59. The Hall–Kier alpha value is -9.89. The van der Waals surface area contributed by atoms with Crippen LogP contribution in [0.5, 0.6) is 0 Å². The van der Waals surface area contributed by atoms with Crippen LogP contribution in [0.4, 0.5) is 25.8 Å². The lowest BCUT2D eigenvalue weighted by Gasteiger charge is -2.21. The van der Waals surface area contributed by atoms with E-state index in [4.69, 9.17) is 35.6 Å². The quantitative estimate of drug-likeness (QED) is 0.0263. The molecule has 0 saturated heterocycles. The summed E-state index contributed by atoms with van der Waals surface area (Å²) in [6.45, 7) is 17.3. The number of alkyl carbamates (subject to hydrolysis) is 1. The highest BCUT2D eigenvalue weighted by molar-refractivity contribution is 6.03. The van der Waals surface area contributed by atoms with Gasteiger partial charge in [-0.15, -0.1) is 0 Å². The summed E-state index contributed by atoms with van der Waals surface area (Å²) in [6, 6.07) is 43.3. The standard InChI is InChI=1S/C27H31N5O3.C25H29N5O2.C18H26N4O2/c1-3-31(27(34)35-19-21-11-5-4-6-12-21)18-25-30-24-17-29-23-14-8-7-13-22(23)26(24)32(25)16-10-9-15-28-20(2)33;1-2-29(25(31)32-18-19-10-4-3-5-11-19)17-23-28-22-16-27-21-13-7-6-12-20(21)24(22)30(23)15-9-8-14-26;1-18(2,3)24-17(23)21-11-7-6-10-20-16-13-8-4-5-9-15(13)22-12-14(16)19/h4-8,11-14,17H,3,9-10,15-16,18-19H2,1-2H3,(H,28,33);3-7,10-13,16H,2,8-9,14-15,17-18,26H2,1H3;4-5,8-9,12H,6-7,10-11,19H2,1-3H3,(H,20,22)(H,21,23). The van der Waals surface area contributed by atoms with Crippen LogP contribution in [0.2, 0.25) is 0 Å². The zero-order chi connectivity index (χ0) is 64.5. The molecule has 0 atom stereocenters. The van der Waals surface area contributed by atoms with Crippen LogP contribution in [0.1, 0.15) is 103 Å². The van der Waals surface area contributed by atoms with E-state index in [0.29, 0.717) is 51.5 Å². The van der Waals surface area contributed by atoms with Gasteiger partial charge in [0.05, 0.1) is 70.6 Å². The van der Waals surface area contributed by atoms with Crippen LogP contribution in [0.3, 0.4) is 0 Å². The van der Waals surface area contributed by atoms with E-state index in [1.807, 2.05) is 162 Å². The number of aryl methyl sites for hydroxylation is 2. The van der Waals surface area contributed by atoms with Gasteiger partial charge in [-0.2, -0.15) is 0 Å². The summed E-state index contributed by atoms with van der Waals surface area (Å²) in [4.78, 5) is 74.9. The number of hydrogen-bond donors (Lipinski definition) is 5. The molecular formula is C70H86N14O7. The summed E-state index contributed by atoms with van der Waals surface area (Å²) in [5.41, 5.74) is 21.2. The molecule has 4 amide bonds. The number of benzene rings is 5. The van der Waals surface area contributed by atoms with E-state index >= 15 is 0 Å². The maximum atomic E-state index is 12.9. The van der Waals surface area contributed by atoms with Gasteiger partial charge in [0.1, 0.15) is 41.5 Å². The number of unbranched alkanes of at least 4 members (excludes halogenated alkanes) is 3. The second-order valence-electron chi connectivity index (χ2n) is 22.8. The van der Waals surface area contributed by atoms with Gasteiger partial charge in [0.2, 0.25) is 5.91 Å². The molecule has 10 aromatic rings. The molecule has 5 aromatic carbocycles. The number of ether oxygens (including phenoxy) is 3. The lowest BCUT2D eigenvalue weighted by atomic mass is 10.1. The summed E-state index contributed by atoms with van der Waals surface area (Å²) >= 11 is 0. The molecule has 0 aliphatic rings. The van der Waals surface area contributed by atoms with Crippen molar-refractivity contribution in [3.05, 3.63) is 175 Å². The Kier molecular flexibility index (Phi) is 24.8. The fourth-order valence-corrected chi connectivity index (χ4v) is 10.3. The van der Waals surface area contributed by atoms with Gasteiger partial charge >= 0.3 is 18.3 Å². The first-order valence-corrected chi connectivity index (χ1v) is 31.3. The first-order chi connectivity index (χ1) is 44.1. The summed E-state index contributed by atoms with van der Waals surface area (Å²) < 4.78 is 20.7. The van der Waals surface area contributed by atoms with Gasteiger partial charge in [-0.3, -0.25) is 19.7 Å². The van der Waals surface area contributed by atoms with Crippen molar-refractivity contribution in [1.29, 1.82) is 0 Å². The molecule has 5 aromatic heterocycles. The van der Waals surface area contributed by atoms with Crippen LogP contribution in [0, 0.1) is 0 Å². The molecule has 91 heavy (non-hydrogen) atoms. The van der Waals surface area contributed by atoms with E-state index in [-0.39, 0.29) is 37.4 Å². The zero-order valence-electron chi connectivity index (χ0n) is 53.2. The normalized spacial score (nSPS) is 11.2. The monoisotopic (exact) mass is 1230 g/mol. The van der Waals surface area contributed by atoms with Crippen molar-refractivity contribution >= 4 is 90.3 Å². The van der Waals surface area contributed by atoms with Gasteiger partial charge in [0.25, 0.3) is 0 Å². The fourth-order valence-electron chi connectivity index (χ4n) is 10.3. The Balaban J connectivity index is 0.000000179. The zero-order valence-corrected chi connectivity index (χ0v) is 53.2. The van der Waals surface area contributed by atoms with Crippen LogP contribution in [0.25, 0.3) is 54.8 Å². The van der Waals surface area contributed by atoms with Crippen molar-refractivity contribution in [2.24, 2.45) is 5.73 Å². The lowest BCUT2D eigenvalue weighted by molar-refractivity contribution is -0.118. The van der Waals surface area contributed by atoms with Gasteiger partial charge in [0, 0.05) is 68.9 Å². The molecule has 0 unspecified atom stereocenters. The number of nitrogens with two attached hydrogens (primary N) is 2. The number of carbonyl (C=O) groups excluding carboxylic acids is 4. The van der Waals surface area contributed by atoms with Gasteiger partial charge in [-0.05, 0) is 109 Å². The summed E-state index contributed by atoms with van der Waals surface area (Å²) in [5, 5.41) is 12.1. The van der Waals surface area contributed by atoms with E-state index in [1.54, 1.807) is 22.2 Å². The van der Waals surface area contributed by atoms with E-state index < -0.39 is 5.60 Å². The van der Waals surface area contributed by atoms with Crippen LogP contribution in [-0.4, -0.2) is 113 Å². The van der Waals surface area contributed by atoms with Crippen molar-refractivity contribution < 1.29 is 33.4 Å². The van der Waals surface area contributed by atoms with E-state index in [1.165, 1.54) is 6.92 Å². The average molecular weight is 1240 g/mol. The van der Waals surface area contributed by atoms with Crippen LogP contribution < -0.4 is 27.4 Å². The van der Waals surface area contributed by atoms with Crippen molar-refractivity contribution in [2.45, 2.75) is 125 Å². The molecule has 0 spiro atoms. The van der Waals surface area contributed by atoms with Gasteiger partial charge in [-0.1, -0.05) is 115 Å². The van der Waals surface area contributed by atoms with Gasteiger partial charge in [-0.25, -0.2) is 24.4 Å². The third-order valence-electron chi connectivity index (χ3n) is 14.9. The van der Waals surface area contributed by atoms with Crippen LogP contribution in [0.15, 0.2) is 152 Å². The molecule has 0 bridgehead atoms. The number of imidazole rings is 2. The summed E-state index contributed by atoms with van der Waals surface area (Å²) in [6.07, 6.45) is 9.52. The minimum Gasteiger partial charge on any atom is -0.445 e. The SMILES string of the molecule is CC(C)(C)OC(=O)NCCCCNc1c(N)cnc2ccccc12.CCN(Cc1nc2cnc3ccccc3c2n1CCCCN)C(=O)OCc1ccccc1.CCN(Cc1nc2cnc3ccccc3c2n1CCCCNC(C)=O)C(=O)OCc1ccccc1. The highest BCUT2D eigenvalue weighted by atomic mass is 16.6. The molecule has 0 fully saturated rings. The number of rotatable bonds is 25. The van der Waals surface area contributed by atoms with Crippen molar-refractivity contribution in [2.75, 3.05) is 50.3 Å². The maximum Gasteiger partial charge on any atom is 0.410 e. The minimum atomic E-state index is -0.467. The Labute approximate surface area is 531 Å². The Morgan fingerprint density at radius 3 is 1.44 bits per heavy atom. The molecule has 21 heteroatoms. The number of para-hydroxylation sites is 3.